The molecule has 3 rings (SSSR count). The number of carbonyl (C=O) groups is 3. The van der Waals surface area contributed by atoms with Crippen molar-refractivity contribution in [3.05, 3.63) is 59.4 Å². The fourth-order valence-corrected chi connectivity index (χ4v) is 3.43. The molecule has 0 fully saturated rings. The lowest BCUT2D eigenvalue weighted by molar-refractivity contribution is 0.0942. The second-order valence-corrected chi connectivity index (χ2v) is 8.36. The summed E-state index contributed by atoms with van der Waals surface area (Å²) in [6.45, 7) is 3.35. The van der Waals surface area contributed by atoms with Crippen LogP contribution >= 0.6 is 0 Å². The number of H-pyrrole nitrogens is 1. The maximum Gasteiger partial charge on any atom is 0.272 e. The molecule has 0 atom stereocenters. The summed E-state index contributed by atoms with van der Waals surface area (Å²) in [5, 5.41) is 8.49. The third-order valence-corrected chi connectivity index (χ3v) is 5.13. The van der Waals surface area contributed by atoms with Gasteiger partial charge in [0.25, 0.3) is 17.7 Å². The molecule has 176 valence electrons. The first-order valence-electron chi connectivity index (χ1n) is 10.7. The molecule has 0 saturated heterocycles. The smallest absolute Gasteiger partial charge is 0.272 e. The average molecular weight is 454 g/mol. The van der Waals surface area contributed by atoms with Gasteiger partial charge in [0.05, 0.1) is 11.4 Å². The second kappa shape index (κ2) is 10.2. The third-order valence-electron chi connectivity index (χ3n) is 5.13. The summed E-state index contributed by atoms with van der Waals surface area (Å²) >= 11 is 0. The van der Waals surface area contributed by atoms with Gasteiger partial charge in [-0.05, 0) is 57.7 Å². The molecule has 10 nitrogen and oxygen atoms in total. The van der Waals surface area contributed by atoms with Crippen molar-refractivity contribution in [2.24, 2.45) is 14.1 Å². The number of aromatic amines is 1. The fraction of sp³-hybridized carbons (Fsp3) is 0.348. The molecule has 0 aromatic carbocycles. The van der Waals surface area contributed by atoms with Crippen molar-refractivity contribution in [2.75, 3.05) is 37.8 Å². The number of aryl methyl sites for hydroxylation is 3. The van der Waals surface area contributed by atoms with Gasteiger partial charge < -0.3 is 35.0 Å². The van der Waals surface area contributed by atoms with Crippen molar-refractivity contribution in [2.45, 2.75) is 13.3 Å². The second-order valence-electron chi connectivity index (χ2n) is 8.36. The topological polar surface area (TPSA) is 116 Å². The third kappa shape index (κ3) is 6.13. The van der Waals surface area contributed by atoms with Crippen LogP contribution in [0.1, 0.15) is 43.4 Å². The monoisotopic (exact) mass is 453 g/mol. The standard InChI is InChI=1S/C23H31N7O3/c1-15-9-18(25-12-15)21(31)26-16-11-20(30(5)13-16)23(33)27-17-10-19(29(4)14-17)22(32)24-7-6-8-28(2)3/h9-14,25H,6-8H2,1-5H3,(H,24,32)(H,26,31)(H,27,33). The number of hydrogen-bond acceptors (Lipinski definition) is 4. The Kier molecular flexibility index (Phi) is 7.39. The molecule has 4 N–H and O–H groups in total. The molecule has 0 radical (unpaired) electrons. The van der Waals surface area contributed by atoms with Crippen molar-refractivity contribution in [3.63, 3.8) is 0 Å². The van der Waals surface area contributed by atoms with Gasteiger partial charge in [-0.25, -0.2) is 0 Å². The Hall–Kier alpha value is -3.79. The van der Waals surface area contributed by atoms with Crippen LogP contribution in [-0.4, -0.2) is 63.9 Å². The van der Waals surface area contributed by atoms with Crippen molar-refractivity contribution in [1.29, 1.82) is 0 Å². The van der Waals surface area contributed by atoms with E-state index < -0.39 is 0 Å². The fourth-order valence-electron chi connectivity index (χ4n) is 3.43. The summed E-state index contributed by atoms with van der Waals surface area (Å²) < 4.78 is 3.30. The zero-order valence-electron chi connectivity index (χ0n) is 19.7. The molecule has 3 amide bonds. The Morgan fingerprint density at radius 1 is 0.909 bits per heavy atom. The van der Waals surface area contributed by atoms with Gasteiger partial charge in [0.1, 0.15) is 17.1 Å². The first-order valence-corrected chi connectivity index (χ1v) is 10.7. The Balaban J connectivity index is 1.61. The number of nitrogens with one attached hydrogen (secondary N) is 4. The van der Waals surface area contributed by atoms with Crippen molar-refractivity contribution in [3.8, 4) is 0 Å². The van der Waals surface area contributed by atoms with Crippen LogP contribution in [0.4, 0.5) is 11.4 Å². The van der Waals surface area contributed by atoms with E-state index in [0.29, 0.717) is 35.0 Å². The highest BCUT2D eigenvalue weighted by molar-refractivity contribution is 6.07. The van der Waals surface area contributed by atoms with Crippen LogP contribution in [0, 0.1) is 6.92 Å². The van der Waals surface area contributed by atoms with Crippen molar-refractivity contribution in [1.82, 2.24) is 24.3 Å². The summed E-state index contributed by atoms with van der Waals surface area (Å²) in [5.74, 6) is -0.831. The van der Waals surface area contributed by atoms with Crippen LogP contribution in [-0.2, 0) is 14.1 Å². The number of anilines is 2. The van der Waals surface area contributed by atoms with Crippen molar-refractivity contribution >= 4 is 29.1 Å². The first kappa shape index (κ1) is 23.9. The van der Waals surface area contributed by atoms with E-state index in [4.69, 9.17) is 0 Å². The van der Waals surface area contributed by atoms with Gasteiger partial charge >= 0.3 is 0 Å². The number of hydrogen-bond donors (Lipinski definition) is 4. The Labute approximate surface area is 193 Å². The minimum atomic E-state index is -0.350. The van der Waals surface area contributed by atoms with Crippen molar-refractivity contribution < 1.29 is 14.4 Å². The van der Waals surface area contributed by atoms with E-state index in [2.05, 4.69) is 25.8 Å². The van der Waals surface area contributed by atoms with Gasteiger partial charge in [0, 0.05) is 39.2 Å². The number of nitrogens with zero attached hydrogens (tertiary/aromatic N) is 3. The highest BCUT2D eigenvalue weighted by atomic mass is 16.2. The highest BCUT2D eigenvalue weighted by Gasteiger charge is 2.17. The highest BCUT2D eigenvalue weighted by Crippen LogP contribution is 2.18. The molecule has 0 saturated carbocycles. The molecule has 3 aromatic rings. The van der Waals surface area contributed by atoms with Crippen LogP contribution in [0.2, 0.25) is 0 Å². The maximum absolute atomic E-state index is 12.8. The van der Waals surface area contributed by atoms with E-state index in [0.717, 1.165) is 18.5 Å². The molecule has 0 aliphatic heterocycles. The Morgan fingerprint density at radius 3 is 2.03 bits per heavy atom. The minimum absolute atomic E-state index is 0.194. The van der Waals surface area contributed by atoms with E-state index in [1.807, 2.05) is 21.0 Å². The molecule has 33 heavy (non-hydrogen) atoms. The molecule has 0 unspecified atom stereocenters. The van der Waals surface area contributed by atoms with E-state index in [-0.39, 0.29) is 17.7 Å². The van der Waals surface area contributed by atoms with Crippen LogP contribution in [0.3, 0.4) is 0 Å². The summed E-state index contributed by atoms with van der Waals surface area (Å²) in [6.07, 6.45) is 5.95. The summed E-state index contributed by atoms with van der Waals surface area (Å²) in [4.78, 5) is 42.6. The number of carbonyl (C=O) groups excluding carboxylic acids is 3. The van der Waals surface area contributed by atoms with Gasteiger partial charge in [-0.1, -0.05) is 0 Å². The lowest BCUT2D eigenvalue weighted by atomic mass is 10.3. The summed E-state index contributed by atoms with van der Waals surface area (Å²) in [7, 11) is 7.45. The zero-order chi connectivity index (χ0) is 24.1. The Morgan fingerprint density at radius 2 is 1.48 bits per heavy atom. The SMILES string of the molecule is Cc1c[nH]c(C(=O)Nc2cc(C(=O)Nc3cc(C(=O)NCCCN(C)C)n(C)c3)n(C)c2)c1. The first-order chi connectivity index (χ1) is 15.6. The van der Waals surface area contributed by atoms with Crippen LogP contribution in [0.5, 0.6) is 0 Å². The summed E-state index contributed by atoms with van der Waals surface area (Å²) in [6, 6.07) is 4.99. The lowest BCUT2D eigenvalue weighted by Crippen LogP contribution is -2.28. The van der Waals surface area contributed by atoms with Crippen LogP contribution in [0.25, 0.3) is 0 Å². The van der Waals surface area contributed by atoms with E-state index in [9.17, 15) is 14.4 Å². The minimum Gasteiger partial charge on any atom is -0.357 e. The quantitative estimate of drug-likeness (QED) is 0.372. The average Bonchev–Trinajstić information content (AvgIpc) is 3.43. The molecule has 3 heterocycles. The van der Waals surface area contributed by atoms with E-state index in [1.165, 1.54) is 0 Å². The molecule has 0 aliphatic rings. The van der Waals surface area contributed by atoms with Gasteiger partial charge in [0.15, 0.2) is 0 Å². The van der Waals surface area contributed by atoms with Crippen LogP contribution < -0.4 is 16.0 Å². The molecule has 0 spiro atoms. The predicted octanol–water partition coefficient (Wildman–Crippen LogP) is 2.19. The predicted molar refractivity (Wildman–Crippen MR) is 128 cm³/mol. The molecule has 0 bridgehead atoms. The summed E-state index contributed by atoms with van der Waals surface area (Å²) in [5.41, 5.74) is 3.24. The molecular weight excluding hydrogens is 422 g/mol. The zero-order valence-corrected chi connectivity index (χ0v) is 19.7. The largest absolute Gasteiger partial charge is 0.357 e. The normalized spacial score (nSPS) is 11.0. The number of amides is 3. The van der Waals surface area contributed by atoms with E-state index >= 15 is 0 Å². The van der Waals surface area contributed by atoms with Gasteiger partial charge in [0.2, 0.25) is 0 Å². The van der Waals surface area contributed by atoms with E-state index in [1.54, 1.807) is 60.0 Å². The molecule has 3 aromatic heterocycles. The Bertz CT molecular complexity index is 1150. The lowest BCUT2D eigenvalue weighted by Gasteiger charge is -2.10. The number of rotatable bonds is 9. The maximum atomic E-state index is 12.8. The molecule has 10 heteroatoms. The van der Waals surface area contributed by atoms with Gasteiger partial charge in [-0.15, -0.1) is 0 Å². The number of aromatic nitrogens is 3. The van der Waals surface area contributed by atoms with Gasteiger partial charge in [-0.3, -0.25) is 14.4 Å². The van der Waals surface area contributed by atoms with Crippen LogP contribution in [0.15, 0.2) is 36.8 Å². The van der Waals surface area contributed by atoms with Gasteiger partial charge in [-0.2, -0.15) is 0 Å². The molecule has 0 aliphatic carbocycles. The molecular formula is C23H31N7O3.